The van der Waals surface area contributed by atoms with Gasteiger partial charge in [-0.1, -0.05) is 24.3 Å². The lowest BCUT2D eigenvalue weighted by Gasteiger charge is -2.24. The highest BCUT2D eigenvalue weighted by Gasteiger charge is 2.28. The van der Waals surface area contributed by atoms with Crippen molar-refractivity contribution >= 4 is 22.1 Å². The maximum absolute atomic E-state index is 14.7. The van der Waals surface area contributed by atoms with E-state index in [0.717, 1.165) is 3.97 Å². The second-order valence-electron chi connectivity index (χ2n) is 8.65. The maximum atomic E-state index is 14.7. The second-order valence-corrected chi connectivity index (χ2v) is 10.4. The average Bonchev–Trinajstić information content (AvgIpc) is 3.17. The number of carbonyl (C=O) groups is 2. The summed E-state index contributed by atoms with van der Waals surface area (Å²) in [4.78, 5) is 24.8. The molecule has 180 valence electrons. The summed E-state index contributed by atoms with van der Waals surface area (Å²) in [6.45, 7) is 5.13. The van der Waals surface area contributed by atoms with Crippen LogP contribution in [0.2, 0.25) is 0 Å². The summed E-state index contributed by atoms with van der Waals surface area (Å²) < 4.78 is 47.9. The summed E-state index contributed by atoms with van der Waals surface area (Å²) in [5, 5.41) is 9.49. The SMILES string of the molecule is CN(Cc1cc(-c2ccccc2F)n(S(=O)(=O)c2ccccc2C(=O)O)c1)C(=O)OC(C)(C)C. The Hall–Kier alpha value is -3.66. The van der Waals surface area contributed by atoms with Gasteiger partial charge in [0.2, 0.25) is 0 Å². The number of benzene rings is 2. The van der Waals surface area contributed by atoms with Gasteiger partial charge in [-0.25, -0.2) is 26.4 Å². The lowest BCUT2D eigenvalue weighted by Crippen LogP contribution is -2.33. The predicted octanol–water partition coefficient (Wildman–Crippen LogP) is 4.60. The van der Waals surface area contributed by atoms with Gasteiger partial charge in [-0.05, 0) is 56.7 Å². The largest absolute Gasteiger partial charge is 0.478 e. The Balaban J connectivity index is 2.14. The fourth-order valence-electron chi connectivity index (χ4n) is 3.30. The molecule has 0 bridgehead atoms. The van der Waals surface area contributed by atoms with E-state index in [2.05, 4.69) is 0 Å². The van der Waals surface area contributed by atoms with Crippen molar-refractivity contribution in [3.05, 3.63) is 77.7 Å². The third-order valence-electron chi connectivity index (χ3n) is 4.77. The fraction of sp³-hybridized carbons (Fsp3) is 0.250. The smallest absolute Gasteiger partial charge is 0.410 e. The van der Waals surface area contributed by atoms with E-state index < -0.39 is 44.0 Å². The first kappa shape index (κ1) is 25.0. The lowest BCUT2D eigenvalue weighted by molar-refractivity contribution is 0.0285. The van der Waals surface area contributed by atoms with Gasteiger partial charge in [0.25, 0.3) is 10.0 Å². The van der Waals surface area contributed by atoms with Gasteiger partial charge in [-0.3, -0.25) is 0 Å². The molecule has 0 aliphatic rings. The van der Waals surface area contributed by atoms with Crippen LogP contribution in [-0.4, -0.2) is 47.1 Å². The number of aromatic carboxylic acids is 1. The minimum atomic E-state index is -4.44. The molecule has 1 heterocycles. The van der Waals surface area contributed by atoms with Crippen molar-refractivity contribution in [3.8, 4) is 11.3 Å². The second kappa shape index (κ2) is 9.30. The molecule has 10 heteroatoms. The van der Waals surface area contributed by atoms with Crippen molar-refractivity contribution in [2.45, 2.75) is 37.8 Å². The molecule has 0 saturated heterocycles. The third-order valence-corrected chi connectivity index (χ3v) is 6.50. The van der Waals surface area contributed by atoms with Crippen LogP contribution >= 0.6 is 0 Å². The lowest BCUT2D eigenvalue weighted by atomic mass is 10.1. The molecular formula is C24H25FN2O6S. The molecule has 0 aliphatic heterocycles. The molecule has 34 heavy (non-hydrogen) atoms. The highest BCUT2D eigenvalue weighted by Crippen LogP contribution is 2.30. The molecule has 0 radical (unpaired) electrons. The molecule has 8 nitrogen and oxygen atoms in total. The molecule has 1 amide bonds. The minimum Gasteiger partial charge on any atom is -0.478 e. The van der Waals surface area contributed by atoms with Gasteiger partial charge >= 0.3 is 12.1 Å². The molecule has 2 aromatic carbocycles. The number of rotatable bonds is 6. The number of halogens is 1. The summed E-state index contributed by atoms with van der Waals surface area (Å²) >= 11 is 0. The van der Waals surface area contributed by atoms with Crippen LogP contribution < -0.4 is 0 Å². The molecular weight excluding hydrogens is 463 g/mol. The van der Waals surface area contributed by atoms with Crippen molar-refractivity contribution in [2.24, 2.45) is 0 Å². The first-order chi connectivity index (χ1) is 15.8. The van der Waals surface area contributed by atoms with Crippen LogP contribution in [0.4, 0.5) is 9.18 Å². The number of aromatic nitrogens is 1. The van der Waals surface area contributed by atoms with Crippen molar-refractivity contribution in [3.63, 3.8) is 0 Å². The Morgan fingerprint density at radius 3 is 2.32 bits per heavy atom. The number of carboxylic acid groups (broad SMARTS) is 1. The molecule has 1 N–H and O–H groups in total. The van der Waals surface area contributed by atoms with E-state index in [1.54, 1.807) is 26.8 Å². The van der Waals surface area contributed by atoms with Gasteiger partial charge in [-0.15, -0.1) is 0 Å². The maximum Gasteiger partial charge on any atom is 0.410 e. The summed E-state index contributed by atoms with van der Waals surface area (Å²) in [6.07, 6.45) is 0.628. The summed E-state index contributed by atoms with van der Waals surface area (Å²) in [5.41, 5.74) is -0.763. The number of hydrogen-bond donors (Lipinski definition) is 1. The van der Waals surface area contributed by atoms with Crippen molar-refractivity contribution in [1.29, 1.82) is 0 Å². The number of carboxylic acids is 1. The Bertz CT molecular complexity index is 1340. The molecule has 0 spiro atoms. The highest BCUT2D eigenvalue weighted by molar-refractivity contribution is 7.90. The van der Waals surface area contributed by atoms with Gasteiger partial charge < -0.3 is 14.7 Å². The Morgan fingerprint density at radius 1 is 1.09 bits per heavy atom. The van der Waals surface area contributed by atoms with E-state index >= 15 is 0 Å². The fourth-order valence-corrected chi connectivity index (χ4v) is 4.88. The van der Waals surface area contributed by atoms with Crippen molar-refractivity contribution in [2.75, 3.05) is 7.05 Å². The molecule has 0 fully saturated rings. The zero-order chi connectivity index (χ0) is 25.3. The third kappa shape index (κ3) is 5.28. The predicted molar refractivity (Wildman–Crippen MR) is 124 cm³/mol. The number of nitrogens with zero attached hydrogens (tertiary/aromatic N) is 2. The molecule has 0 aliphatic carbocycles. The van der Waals surface area contributed by atoms with Crippen LogP contribution in [0.5, 0.6) is 0 Å². The van der Waals surface area contributed by atoms with E-state index in [4.69, 9.17) is 4.74 Å². The van der Waals surface area contributed by atoms with Crippen LogP contribution in [0.25, 0.3) is 11.3 Å². The highest BCUT2D eigenvalue weighted by atomic mass is 32.2. The van der Waals surface area contributed by atoms with Crippen molar-refractivity contribution in [1.82, 2.24) is 8.87 Å². The minimum absolute atomic E-state index is 0.00468. The average molecular weight is 489 g/mol. The zero-order valence-corrected chi connectivity index (χ0v) is 20.0. The summed E-state index contributed by atoms with van der Waals surface area (Å²) in [6, 6.07) is 12.3. The standard InChI is InChI=1S/C24H25FN2O6S/c1-24(2,3)33-23(30)26(4)14-16-13-20(17-9-5-7-11-19(17)25)27(15-16)34(31,32)21-12-8-6-10-18(21)22(28)29/h5-13,15H,14H2,1-4H3,(H,28,29). The molecule has 3 aromatic rings. The molecule has 3 rings (SSSR count). The summed E-state index contributed by atoms with van der Waals surface area (Å²) in [7, 11) is -2.95. The number of ether oxygens (including phenoxy) is 1. The van der Waals surface area contributed by atoms with Crippen LogP contribution in [0.15, 0.2) is 65.7 Å². The van der Waals surface area contributed by atoms with E-state index in [9.17, 15) is 27.5 Å². The van der Waals surface area contributed by atoms with Crippen molar-refractivity contribution < 1.29 is 32.2 Å². The zero-order valence-electron chi connectivity index (χ0n) is 19.1. The monoisotopic (exact) mass is 488 g/mol. The molecule has 0 saturated carbocycles. The van der Waals surface area contributed by atoms with E-state index in [-0.39, 0.29) is 17.8 Å². The van der Waals surface area contributed by atoms with Gasteiger partial charge in [0.05, 0.1) is 17.8 Å². The number of carbonyl (C=O) groups excluding carboxylic acids is 1. The number of hydrogen-bond acceptors (Lipinski definition) is 5. The normalized spacial score (nSPS) is 11.8. The van der Waals surface area contributed by atoms with E-state index in [1.165, 1.54) is 66.7 Å². The van der Waals surface area contributed by atoms with Gasteiger partial charge in [0.1, 0.15) is 16.3 Å². The molecule has 0 atom stereocenters. The van der Waals surface area contributed by atoms with E-state index in [0.29, 0.717) is 5.56 Å². The Morgan fingerprint density at radius 2 is 1.71 bits per heavy atom. The Kier molecular flexibility index (Phi) is 6.83. The van der Waals surface area contributed by atoms with E-state index in [1.807, 2.05) is 0 Å². The first-order valence-electron chi connectivity index (χ1n) is 10.3. The molecule has 0 unspecified atom stereocenters. The number of amides is 1. The summed E-state index contributed by atoms with van der Waals surface area (Å²) in [5.74, 6) is -2.07. The van der Waals surface area contributed by atoms with Gasteiger partial charge in [-0.2, -0.15) is 0 Å². The van der Waals surface area contributed by atoms with Crippen LogP contribution in [0.1, 0.15) is 36.7 Å². The van der Waals surface area contributed by atoms with Crippen LogP contribution in [-0.2, 0) is 21.3 Å². The Labute approximate surface area is 197 Å². The van der Waals surface area contributed by atoms with Crippen LogP contribution in [0.3, 0.4) is 0 Å². The topological polar surface area (TPSA) is 106 Å². The quantitative estimate of drug-likeness (QED) is 0.544. The van der Waals surface area contributed by atoms with Gasteiger partial charge in [0, 0.05) is 18.8 Å². The molecule has 1 aromatic heterocycles. The first-order valence-corrected chi connectivity index (χ1v) is 11.7. The van der Waals surface area contributed by atoms with Gasteiger partial charge in [0.15, 0.2) is 0 Å². The van der Waals surface area contributed by atoms with Crippen LogP contribution in [0, 0.1) is 5.82 Å².